The minimum Gasteiger partial charge on any atom is -0.392 e. The second-order valence-electron chi connectivity index (χ2n) is 3.55. The number of hydrogen-bond acceptors (Lipinski definition) is 2. The Morgan fingerprint density at radius 3 is 2.82 bits per heavy atom. The molecule has 2 heteroatoms. The monoisotopic (exact) mass is 153 g/mol. The molecular formula is C9H15NO. The van der Waals surface area contributed by atoms with Gasteiger partial charge in [-0.1, -0.05) is 24.4 Å². The Kier molecular flexibility index (Phi) is 2.11. The van der Waals surface area contributed by atoms with E-state index >= 15 is 0 Å². The van der Waals surface area contributed by atoms with Crippen LogP contribution in [0.5, 0.6) is 0 Å². The van der Waals surface area contributed by atoms with Crippen LogP contribution in [0.3, 0.4) is 0 Å². The van der Waals surface area contributed by atoms with E-state index in [-0.39, 0.29) is 0 Å². The van der Waals surface area contributed by atoms with Gasteiger partial charge in [0.2, 0.25) is 0 Å². The van der Waals surface area contributed by atoms with E-state index in [4.69, 9.17) is 4.84 Å². The first-order valence-electron chi connectivity index (χ1n) is 4.66. The molecule has 2 nitrogen and oxygen atoms in total. The molecule has 0 unspecified atom stereocenters. The van der Waals surface area contributed by atoms with Gasteiger partial charge in [-0.25, -0.2) is 0 Å². The Labute approximate surface area is 67.6 Å². The van der Waals surface area contributed by atoms with Crippen molar-refractivity contribution in [2.45, 2.75) is 44.6 Å². The molecule has 2 atom stereocenters. The zero-order chi connectivity index (χ0) is 7.52. The lowest BCUT2D eigenvalue weighted by atomic mass is 9.90. The van der Waals surface area contributed by atoms with Gasteiger partial charge in [-0.15, -0.1) is 0 Å². The molecule has 0 radical (unpaired) electrons. The zero-order valence-corrected chi connectivity index (χ0v) is 6.83. The Bertz CT molecular complexity index is 156. The van der Waals surface area contributed by atoms with Crippen LogP contribution in [0.4, 0.5) is 0 Å². The molecular weight excluding hydrogens is 138 g/mol. The Hall–Kier alpha value is -0.530. The Morgan fingerprint density at radius 2 is 1.91 bits per heavy atom. The summed E-state index contributed by atoms with van der Waals surface area (Å²) in [6.07, 6.45) is 10.4. The summed E-state index contributed by atoms with van der Waals surface area (Å²) in [6.45, 7) is 0. The highest BCUT2D eigenvalue weighted by Gasteiger charge is 2.26. The summed E-state index contributed by atoms with van der Waals surface area (Å²) in [7, 11) is 0. The first kappa shape index (κ1) is 7.14. The van der Waals surface area contributed by atoms with Gasteiger partial charge in [-0.3, -0.25) is 0 Å². The van der Waals surface area contributed by atoms with E-state index in [1.807, 2.05) is 6.21 Å². The van der Waals surface area contributed by atoms with Crippen molar-refractivity contribution in [3.63, 3.8) is 0 Å². The van der Waals surface area contributed by atoms with Crippen LogP contribution >= 0.6 is 0 Å². The second-order valence-corrected chi connectivity index (χ2v) is 3.55. The fourth-order valence-electron chi connectivity index (χ4n) is 1.97. The summed E-state index contributed by atoms with van der Waals surface area (Å²) in [5.74, 6) is 0.635. The van der Waals surface area contributed by atoms with Gasteiger partial charge in [0.05, 0.1) is 6.21 Å². The number of oxime groups is 1. The Morgan fingerprint density at radius 1 is 1.09 bits per heavy atom. The van der Waals surface area contributed by atoms with E-state index in [1.165, 1.54) is 38.5 Å². The van der Waals surface area contributed by atoms with Crippen LogP contribution < -0.4 is 0 Å². The average Bonchev–Trinajstić information content (AvgIpc) is 2.35. The molecule has 1 fully saturated rings. The van der Waals surface area contributed by atoms with Crippen molar-refractivity contribution in [2.24, 2.45) is 11.1 Å². The fraction of sp³-hybridized carbons (Fsp3) is 0.889. The van der Waals surface area contributed by atoms with E-state index in [2.05, 4.69) is 5.16 Å². The highest BCUT2D eigenvalue weighted by molar-refractivity contribution is 5.62. The molecule has 0 bridgehead atoms. The van der Waals surface area contributed by atoms with Gasteiger partial charge < -0.3 is 4.84 Å². The standard InChI is InChI=1S/C9H15NO/c1-2-4-6-9-8(5-3-1)7-10-11-9/h7-9H,1-6H2/t8-,9+/m0/s1. The highest BCUT2D eigenvalue weighted by Crippen LogP contribution is 2.27. The van der Waals surface area contributed by atoms with Gasteiger partial charge in [0, 0.05) is 5.92 Å². The van der Waals surface area contributed by atoms with E-state index < -0.39 is 0 Å². The topological polar surface area (TPSA) is 21.6 Å². The maximum atomic E-state index is 5.26. The van der Waals surface area contributed by atoms with Gasteiger partial charge >= 0.3 is 0 Å². The fourth-order valence-corrected chi connectivity index (χ4v) is 1.97. The van der Waals surface area contributed by atoms with E-state index in [9.17, 15) is 0 Å². The Balaban J connectivity index is 1.93. The van der Waals surface area contributed by atoms with Crippen LogP contribution in [-0.4, -0.2) is 12.3 Å². The number of hydrogen-bond donors (Lipinski definition) is 0. The van der Waals surface area contributed by atoms with Crippen LogP contribution in [0.15, 0.2) is 5.16 Å². The van der Waals surface area contributed by atoms with E-state index in [0.29, 0.717) is 12.0 Å². The minimum absolute atomic E-state index is 0.426. The summed E-state index contributed by atoms with van der Waals surface area (Å²) in [5, 5.41) is 3.89. The molecule has 2 rings (SSSR count). The predicted octanol–water partition coefficient (Wildman–Crippen LogP) is 2.34. The van der Waals surface area contributed by atoms with Crippen molar-refractivity contribution >= 4 is 6.21 Å². The molecule has 11 heavy (non-hydrogen) atoms. The molecule has 0 spiro atoms. The first-order valence-corrected chi connectivity index (χ1v) is 4.66. The minimum atomic E-state index is 0.426. The lowest BCUT2D eigenvalue weighted by Crippen LogP contribution is -2.19. The third-order valence-corrected chi connectivity index (χ3v) is 2.70. The molecule has 0 saturated heterocycles. The summed E-state index contributed by atoms with van der Waals surface area (Å²) in [6, 6.07) is 0. The van der Waals surface area contributed by atoms with Gasteiger partial charge in [-0.05, 0) is 19.3 Å². The number of nitrogens with zero attached hydrogens (tertiary/aromatic N) is 1. The molecule has 1 aliphatic heterocycles. The van der Waals surface area contributed by atoms with Gasteiger partial charge in [0.15, 0.2) is 0 Å². The zero-order valence-electron chi connectivity index (χ0n) is 6.83. The van der Waals surface area contributed by atoms with Crippen molar-refractivity contribution in [1.82, 2.24) is 0 Å². The summed E-state index contributed by atoms with van der Waals surface area (Å²) >= 11 is 0. The third-order valence-electron chi connectivity index (χ3n) is 2.70. The lowest BCUT2D eigenvalue weighted by molar-refractivity contribution is 0.0479. The normalized spacial score (nSPS) is 37.1. The first-order chi connectivity index (χ1) is 5.47. The lowest BCUT2D eigenvalue weighted by Gasteiger charge is -2.18. The van der Waals surface area contributed by atoms with Gasteiger partial charge in [0.25, 0.3) is 0 Å². The number of fused-ring (bicyclic) bond motifs is 1. The predicted molar refractivity (Wildman–Crippen MR) is 44.6 cm³/mol. The molecule has 2 aliphatic rings. The molecule has 0 aromatic carbocycles. The van der Waals surface area contributed by atoms with Crippen LogP contribution in [0, 0.1) is 5.92 Å². The van der Waals surface area contributed by atoms with E-state index in [1.54, 1.807) is 0 Å². The van der Waals surface area contributed by atoms with Gasteiger partial charge in [0.1, 0.15) is 6.10 Å². The summed E-state index contributed by atoms with van der Waals surface area (Å²) < 4.78 is 0. The smallest absolute Gasteiger partial charge is 0.135 e. The van der Waals surface area contributed by atoms with Crippen molar-refractivity contribution < 1.29 is 4.84 Å². The average molecular weight is 153 g/mol. The van der Waals surface area contributed by atoms with Crippen molar-refractivity contribution in [3.05, 3.63) is 0 Å². The van der Waals surface area contributed by atoms with Crippen molar-refractivity contribution in [2.75, 3.05) is 0 Å². The second kappa shape index (κ2) is 3.24. The maximum absolute atomic E-state index is 5.26. The summed E-state index contributed by atoms with van der Waals surface area (Å²) in [5.41, 5.74) is 0. The van der Waals surface area contributed by atoms with E-state index in [0.717, 1.165) is 0 Å². The largest absolute Gasteiger partial charge is 0.392 e. The molecule has 62 valence electrons. The van der Waals surface area contributed by atoms with Gasteiger partial charge in [-0.2, -0.15) is 0 Å². The maximum Gasteiger partial charge on any atom is 0.135 e. The van der Waals surface area contributed by atoms with Crippen molar-refractivity contribution in [1.29, 1.82) is 0 Å². The quantitative estimate of drug-likeness (QED) is 0.523. The molecule has 0 aromatic rings. The highest BCUT2D eigenvalue weighted by atomic mass is 16.6. The summed E-state index contributed by atoms with van der Waals surface area (Å²) in [4.78, 5) is 5.26. The molecule has 1 heterocycles. The van der Waals surface area contributed by atoms with Crippen LogP contribution in [0.25, 0.3) is 0 Å². The molecule has 0 amide bonds. The van der Waals surface area contributed by atoms with Crippen molar-refractivity contribution in [3.8, 4) is 0 Å². The van der Waals surface area contributed by atoms with Crippen LogP contribution in [0.2, 0.25) is 0 Å². The third kappa shape index (κ3) is 1.55. The molecule has 1 aliphatic carbocycles. The molecule has 0 N–H and O–H groups in total. The number of rotatable bonds is 0. The SMILES string of the molecule is C1=NO[C@@H]2CCCCCC[C@@H]12. The molecule has 1 saturated carbocycles. The van der Waals surface area contributed by atoms with Crippen LogP contribution in [0.1, 0.15) is 38.5 Å². The molecule has 0 aromatic heterocycles. The van der Waals surface area contributed by atoms with Crippen LogP contribution in [-0.2, 0) is 4.84 Å².